The lowest BCUT2D eigenvalue weighted by Gasteiger charge is -2.47. The maximum absolute atomic E-state index is 12.6. The average Bonchev–Trinajstić information content (AvgIpc) is 2.95. The maximum atomic E-state index is 12.6. The smallest absolute Gasteiger partial charge is 0.0483 e. The summed E-state index contributed by atoms with van der Waals surface area (Å²) >= 11 is 0. The van der Waals surface area contributed by atoms with Crippen LogP contribution in [0.3, 0.4) is 0 Å². The van der Waals surface area contributed by atoms with E-state index in [-0.39, 0.29) is 24.7 Å². The van der Waals surface area contributed by atoms with E-state index in [2.05, 4.69) is 0 Å². The zero-order valence-corrected chi connectivity index (χ0v) is 17.5. The minimum atomic E-state index is -1.52. The Kier molecular flexibility index (Phi) is 5.83. The first-order valence-electron chi connectivity index (χ1n) is 10.3. The van der Waals surface area contributed by atoms with Gasteiger partial charge in [-0.2, -0.15) is 0 Å². The molecule has 0 amide bonds. The van der Waals surface area contributed by atoms with E-state index in [1.807, 2.05) is 76.2 Å². The zero-order valence-electron chi connectivity index (χ0n) is 17.5. The number of carbonyl (C=O) groups excluding carboxylic acids is 2. The summed E-state index contributed by atoms with van der Waals surface area (Å²) in [4.78, 5) is 25.2. The Morgan fingerprint density at radius 1 is 0.828 bits per heavy atom. The molecule has 154 valence electrons. The second-order valence-electron chi connectivity index (χ2n) is 9.09. The van der Waals surface area contributed by atoms with Crippen LogP contribution in [0, 0.1) is 23.2 Å². The van der Waals surface area contributed by atoms with Crippen LogP contribution in [0.4, 0.5) is 0 Å². The van der Waals surface area contributed by atoms with Crippen molar-refractivity contribution in [2.24, 2.45) is 23.2 Å². The number of hydrogen-bond donors (Lipinski definition) is 0. The van der Waals surface area contributed by atoms with Gasteiger partial charge in [0.2, 0.25) is 0 Å². The summed E-state index contributed by atoms with van der Waals surface area (Å²) in [6.45, 7) is 7.67. The predicted molar refractivity (Wildman–Crippen MR) is 109 cm³/mol. The Hall–Kier alpha value is -2.62. The third kappa shape index (κ3) is 3.68. The molecule has 0 N–H and O–H groups in total. The molecule has 1 aliphatic rings. The van der Waals surface area contributed by atoms with Crippen molar-refractivity contribution in [3.05, 3.63) is 59.7 Å². The normalized spacial score (nSPS) is 14.7. The molecule has 29 heavy (non-hydrogen) atoms. The highest BCUT2D eigenvalue weighted by molar-refractivity contribution is 5.87. The fourth-order valence-corrected chi connectivity index (χ4v) is 5.32. The number of carboxylic acids is 2. The fraction of sp³-hybridized carbons (Fsp3) is 0.440. The van der Waals surface area contributed by atoms with Crippen molar-refractivity contribution in [2.45, 2.75) is 46.5 Å². The summed E-state index contributed by atoms with van der Waals surface area (Å²) in [5, 5.41) is 25.2. The summed E-state index contributed by atoms with van der Waals surface area (Å²) in [7, 11) is 0. The molecule has 1 atom stereocenters. The van der Waals surface area contributed by atoms with Gasteiger partial charge in [-0.15, -0.1) is 0 Å². The molecule has 2 aromatic rings. The molecule has 0 aliphatic heterocycles. The van der Waals surface area contributed by atoms with Gasteiger partial charge >= 0.3 is 0 Å². The molecule has 0 heterocycles. The molecule has 1 unspecified atom stereocenters. The molecule has 0 saturated heterocycles. The highest BCUT2D eigenvalue weighted by Gasteiger charge is 2.49. The molecule has 0 radical (unpaired) electrons. The van der Waals surface area contributed by atoms with Crippen LogP contribution in [-0.2, 0) is 9.59 Å². The summed E-state index contributed by atoms with van der Waals surface area (Å²) < 4.78 is 0. The van der Waals surface area contributed by atoms with Gasteiger partial charge in [-0.1, -0.05) is 76.2 Å². The largest absolute Gasteiger partial charge is 0.550 e. The van der Waals surface area contributed by atoms with E-state index in [4.69, 9.17) is 0 Å². The van der Waals surface area contributed by atoms with Gasteiger partial charge in [-0.05, 0) is 46.9 Å². The SMILES string of the molecule is CC(C)CC(CC(C)C)(C(=O)[O-])C(C(=O)[O-])C1c2ccccc2-c2ccccc21. The van der Waals surface area contributed by atoms with Crippen LogP contribution >= 0.6 is 0 Å². The lowest BCUT2D eigenvalue weighted by Crippen LogP contribution is -2.56. The van der Waals surface area contributed by atoms with Crippen LogP contribution in [0.15, 0.2) is 48.5 Å². The topological polar surface area (TPSA) is 80.3 Å². The van der Waals surface area contributed by atoms with Gasteiger partial charge in [0, 0.05) is 29.2 Å². The number of carboxylic acid groups (broad SMARTS) is 2. The minimum absolute atomic E-state index is 0.000362. The van der Waals surface area contributed by atoms with Crippen molar-refractivity contribution in [1.82, 2.24) is 0 Å². The Balaban J connectivity index is 2.28. The number of rotatable bonds is 8. The van der Waals surface area contributed by atoms with Gasteiger partial charge in [-0.25, -0.2) is 0 Å². The van der Waals surface area contributed by atoms with E-state index in [1.54, 1.807) is 0 Å². The number of aliphatic carboxylic acids is 2. The molecule has 0 spiro atoms. The first kappa shape index (κ1) is 21.1. The second-order valence-corrected chi connectivity index (χ2v) is 9.09. The van der Waals surface area contributed by atoms with E-state index in [9.17, 15) is 19.8 Å². The Bertz CT molecular complexity index is 857. The van der Waals surface area contributed by atoms with Gasteiger partial charge in [0.15, 0.2) is 0 Å². The van der Waals surface area contributed by atoms with E-state index in [0.717, 1.165) is 22.3 Å². The van der Waals surface area contributed by atoms with Crippen molar-refractivity contribution < 1.29 is 19.8 Å². The zero-order chi connectivity index (χ0) is 21.3. The molecule has 2 aromatic carbocycles. The first-order chi connectivity index (χ1) is 13.7. The molecule has 0 bridgehead atoms. The monoisotopic (exact) mass is 392 g/mol. The van der Waals surface area contributed by atoms with Crippen molar-refractivity contribution in [3.8, 4) is 11.1 Å². The first-order valence-corrected chi connectivity index (χ1v) is 10.3. The van der Waals surface area contributed by atoms with Crippen LogP contribution in [-0.4, -0.2) is 11.9 Å². The van der Waals surface area contributed by atoms with Crippen LogP contribution < -0.4 is 10.2 Å². The summed E-state index contributed by atoms with van der Waals surface area (Å²) in [6.07, 6.45) is 0.458. The molecule has 0 saturated carbocycles. The van der Waals surface area contributed by atoms with Gasteiger partial charge in [0.1, 0.15) is 0 Å². The maximum Gasteiger partial charge on any atom is 0.0483 e. The van der Waals surface area contributed by atoms with Crippen LogP contribution in [0.5, 0.6) is 0 Å². The Morgan fingerprint density at radius 3 is 1.59 bits per heavy atom. The van der Waals surface area contributed by atoms with Gasteiger partial charge < -0.3 is 19.8 Å². The third-order valence-electron chi connectivity index (χ3n) is 6.02. The molecule has 0 aromatic heterocycles. The molecule has 3 rings (SSSR count). The van der Waals surface area contributed by atoms with E-state index in [0.29, 0.717) is 0 Å². The quantitative estimate of drug-likeness (QED) is 0.692. The minimum Gasteiger partial charge on any atom is -0.550 e. The molecular weight excluding hydrogens is 364 g/mol. The number of fused-ring (bicyclic) bond motifs is 3. The lowest BCUT2D eigenvalue weighted by molar-refractivity contribution is -0.338. The van der Waals surface area contributed by atoms with E-state index < -0.39 is 29.2 Å². The molecule has 1 aliphatic carbocycles. The van der Waals surface area contributed by atoms with Crippen molar-refractivity contribution in [3.63, 3.8) is 0 Å². The standard InChI is InChI=1S/C25H30O4/c1-15(2)13-25(24(28)29,14-16(3)4)22(23(26)27)21-19-11-7-5-9-17(19)18-10-6-8-12-20(18)21/h5-12,15-16,21-22H,13-14H2,1-4H3,(H,26,27)(H,28,29)/p-2. The van der Waals surface area contributed by atoms with Crippen molar-refractivity contribution in [1.29, 1.82) is 0 Å². The number of hydrogen-bond acceptors (Lipinski definition) is 4. The summed E-state index contributed by atoms with van der Waals surface area (Å²) in [5.74, 6) is -4.42. The fourth-order valence-electron chi connectivity index (χ4n) is 5.32. The van der Waals surface area contributed by atoms with Crippen LogP contribution in [0.1, 0.15) is 57.6 Å². The molecule has 4 nitrogen and oxygen atoms in total. The van der Waals surface area contributed by atoms with Gasteiger partial charge in [0.05, 0.1) is 0 Å². The van der Waals surface area contributed by atoms with Crippen molar-refractivity contribution >= 4 is 11.9 Å². The highest BCUT2D eigenvalue weighted by Crippen LogP contribution is 2.55. The second kappa shape index (κ2) is 8.02. The number of benzene rings is 2. The van der Waals surface area contributed by atoms with Crippen LogP contribution in [0.25, 0.3) is 11.1 Å². The van der Waals surface area contributed by atoms with Gasteiger partial charge in [-0.3, -0.25) is 0 Å². The molecule has 0 fully saturated rings. The van der Waals surface area contributed by atoms with Gasteiger partial charge in [0.25, 0.3) is 0 Å². The highest BCUT2D eigenvalue weighted by atomic mass is 16.4. The Labute approximate surface area is 172 Å². The lowest BCUT2D eigenvalue weighted by atomic mass is 9.60. The number of carbonyl (C=O) groups is 2. The van der Waals surface area contributed by atoms with E-state index >= 15 is 0 Å². The third-order valence-corrected chi connectivity index (χ3v) is 6.02. The molecular formula is C25H28O4-2. The van der Waals surface area contributed by atoms with Crippen LogP contribution in [0.2, 0.25) is 0 Å². The summed E-state index contributed by atoms with van der Waals surface area (Å²) in [6, 6.07) is 15.3. The average molecular weight is 392 g/mol. The van der Waals surface area contributed by atoms with E-state index in [1.165, 1.54) is 0 Å². The molecule has 4 heteroatoms. The Morgan fingerprint density at radius 2 is 1.24 bits per heavy atom. The van der Waals surface area contributed by atoms with Crippen molar-refractivity contribution in [2.75, 3.05) is 0 Å². The predicted octanol–water partition coefficient (Wildman–Crippen LogP) is 2.99. The summed E-state index contributed by atoms with van der Waals surface area (Å²) in [5.41, 5.74) is 2.10.